The lowest BCUT2D eigenvalue weighted by atomic mass is 9.71. The van der Waals surface area contributed by atoms with Crippen molar-refractivity contribution < 1.29 is 28.9 Å². The molecule has 218 valence electrons. The van der Waals surface area contributed by atoms with Gasteiger partial charge in [-0.1, -0.05) is 35.4 Å². The minimum Gasteiger partial charge on any atom is -0.503 e. The van der Waals surface area contributed by atoms with Gasteiger partial charge in [0.15, 0.2) is 28.8 Å². The number of halogens is 1. The number of hydrogen-bond donors (Lipinski definition) is 3. The van der Waals surface area contributed by atoms with Crippen LogP contribution in [-0.2, 0) is 9.59 Å². The van der Waals surface area contributed by atoms with E-state index in [1.54, 1.807) is 26.4 Å². The average molecular weight is 589 g/mol. The normalized spacial score (nSPS) is 18.3. The Morgan fingerprint density at radius 1 is 0.905 bits per heavy atom. The quantitative estimate of drug-likeness (QED) is 0.294. The largest absolute Gasteiger partial charge is 0.503 e. The molecule has 1 heterocycles. The Hall–Kier alpha value is -4.43. The Morgan fingerprint density at radius 2 is 1.57 bits per heavy atom. The van der Waals surface area contributed by atoms with Crippen molar-refractivity contribution >= 4 is 29.0 Å². The number of Topliss-reactive ketones (excluding diaryl/α,β-unsaturated/α-hetero) is 1. The van der Waals surface area contributed by atoms with Gasteiger partial charge in [-0.05, 0) is 73.7 Å². The van der Waals surface area contributed by atoms with E-state index in [0.29, 0.717) is 46.0 Å². The molecule has 0 saturated carbocycles. The molecular formula is C33H33ClN2O6. The van der Waals surface area contributed by atoms with E-state index < -0.39 is 5.92 Å². The van der Waals surface area contributed by atoms with Crippen LogP contribution in [0, 0.1) is 6.92 Å². The highest BCUT2D eigenvalue weighted by Gasteiger charge is 2.41. The molecule has 9 heteroatoms. The van der Waals surface area contributed by atoms with Crippen molar-refractivity contribution in [2.45, 2.75) is 38.5 Å². The lowest BCUT2D eigenvalue weighted by molar-refractivity contribution is -0.116. The van der Waals surface area contributed by atoms with Gasteiger partial charge in [0.2, 0.25) is 0 Å². The van der Waals surface area contributed by atoms with E-state index in [4.69, 9.17) is 25.8 Å². The minimum atomic E-state index is -0.738. The van der Waals surface area contributed by atoms with E-state index >= 15 is 0 Å². The number of allylic oxidation sites excluding steroid dienone is 3. The summed E-state index contributed by atoms with van der Waals surface area (Å²) in [7, 11) is 4.58. The summed E-state index contributed by atoms with van der Waals surface area (Å²) in [5.41, 5.74) is 5.45. The van der Waals surface area contributed by atoms with Crippen LogP contribution in [0.25, 0.3) is 0 Å². The zero-order valence-corrected chi connectivity index (χ0v) is 24.9. The molecule has 42 heavy (non-hydrogen) atoms. The number of ether oxygens (including phenoxy) is 3. The maximum absolute atomic E-state index is 14.0. The first-order valence-corrected chi connectivity index (χ1v) is 13.9. The maximum Gasteiger partial charge on any atom is 0.254 e. The third kappa shape index (κ3) is 5.42. The highest BCUT2D eigenvalue weighted by atomic mass is 35.5. The number of aryl methyl sites for hydroxylation is 1. The second kappa shape index (κ2) is 11.8. The third-order valence-corrected chi connectivity index (χ3v) is 8.15. The molecule has 3 aromatic carbocycles. The first-order valence-electron chi connectivity index (χ1n) is 13.6. The number of phenolic OH excluding ortho intramolecular Hbond substituents is 1. The summed E-state index contributed by atoms with van der Waals surface area (Å²) in [6, 6.07) is 16.4. The number of phenols is 1. The van der Waals surface area contributed by atoms with Crippen molar-refractivity contribution in [2.75, 3.05) is 26.6 Å². The van der Waals surface area contributed by atoms with E-state index in [1.165, 1.54) is 7.11 Å². The predicted molar refractivity (Wildman–Crippen MR) is 162 cm³/mol. The van der Waals surface area contributed by atoms with Gasteiger partial charge in [0.05, 0.1) is 26.4 Å². The van der Waals surface area contributed by atoms with Gasteiger partial charge in [-0.3, -0.25) is 9.59 Å². The van der Waals surface area contributed by atoms with Gasteiger partial charge in [-0.25, -0.2) is 0 Å². The average Bonchev–Trinajstić information content (AvgIpc) is 2.98. The van der Waals surface area contributed by atoms with E-state index in [1.807, 2.05) is 56.3 Å². The van der Waals surface area contributed by atoms with Crippen LogP contribution in [0.5, 0.6) is 23.0 Å². The van der Waals surface area contributed by atoms with Crippen LogP contribution in [-0.4, -0.2) is 38.1 Å². The number of ketones is 1. The van der Waals surface area contributed by atoms with E-state index in [0.717, 1.165) is 16.8 Å². The molecule has 1 aliphatic carbocycles. The Morgan fingerprint density at radius 3 is 2.24 bits per heavy atom. The van der Waals surface area contributed by atoms with Crippen molar-refractivity contribution in [3.05, 3.63) is 98.9 Å². The first-order chi connectivity index (χ1) is 20.1. The number of hydrogen-bond acceptors (Lipinski definition) is 7. The molecule has 0 aromatic heterocycles. The van der Waals surface area contributed by atoms with Gasteiger partial charge < -0.3 is 30.0 Å². The van der Waals surface area contributed by atoms with Crippen molar-refractivity contribution in [3.8, 4) is 23.0 Å². The molecule has 1 aliphatic heterocycles. The summed E-state index contributed by atoms with van der Waals surface area (Å²) in [6.07, 6.45) is 0.779. The molecule has 3 N–H and O–H groups in total. The maximum atomic E-state index is 14.0. The summed E-state index contributed by atoms with van der Waals surface area (Å²) in [4.78, 5) is 27.9. The van der Waals surface area contributed by atoms with Crippen molar-refractivity contribution in [1.29, 1.82) is 0 Å². The Balaban J connectivity index is 1.59. The molecular weight excluding hydrogens is 556 g/mol. The number of carbonyl (C=O) groups excluding carboxylic acids is 2. The van der Waals surface area contributed by atoms with E-state index in [2.05, 4.69) is 10.6 Å². The smallest absolute Gasteiger partial charge is 0.254 e. The molecule has 0 spiro atoms. The van der Waals surface area contributed by atoms with Gasteiger partial charge in [-0.15, -0.1) is 0 Å². The molecule has 8 nitrogen and oxygen atoms in total. The fourth-order valence-electron chi connectivity index (χ4n) is 5.77. The van der Waals surface area contributed by atoms with Gasteiger partial charge in [-0.2, -0.15) is 0 Å². The second-order valence-electron chi connectivity index (χ2n) is 10.5. The third-order valence-electron chi connectivity index (χ3n) is 7.86. The second-order valence-corrected chi connectivity index (χ2v) is 10.9. The van der Waals surface area contributed by atoms with Crippen molar-refractivity contribution in [1.82, 2.24) is 5.32 Å². The van der Waals surface area contributed by atoms with Crippen LogP contribution < -0.4 is 24.8 Å². The van der Waals surface area contributed by atoms with E-state index in [9.17, 15) is 14.7 Å². The molecule has 0 unspecified atom stereocenters. The van der Waals surface area contributed by atoms with Crippen LogP contribution in [0.3, 0.4) is 0 Å². The highest BCUT2D eigenvalue weighted by Crippen LogP contribution is 2.48. The minimum absolute atomic E-state index is 0.0624. The molecule has 2 aliphatic rings. The lowest BCUT2D eigenvalue weighted by Gasteiger charge is -2.37. The number of amides is 1. The number of methoxy groups -OCH3 is 3. The number of benzene rings is 3. The van der Waals surface area contributed by atoms with Crippen molar-refractivity contribution in [3.63, 3.8) is 0 Å². The standard InChI is InChI=1S/C33H33ClN2O6/c1-17-6-9-22(10-7-17)36-33(39)29-18(2)35-24-13-20(19-8-11-26(40-3)27(15-19)41-4)14-25(37)31(24)30(29)21-12-23(34)32(38)28(16-21)42-5/h6-12,15-16,20,30,35,38H,13-14H2,1-5H3,(H,36,39)/t20-,30-/m1/s1. The molecule has 1 amide bonds. The number of aromatic hydroxyl groups is 1. The molecule has 0 radical (unpaired) electrons. The van der Waals surface area contributed by atoms with Crippen LogP contribution in [0.4, 0.5) is 5.69 Å². The van der Waals surface area contributed by atoms with E-state index in [-0.39, 0.29) is 40.6 Å². The summed E-state index contributed by atoms with van der Waals surface area (Å²) < 4.78 is 16.3. The van der Waals surface area contributed by atoms with Gasteiger partial charge in [0.25, 0.3) is 5.91 Å². The van der Waals surface area contributed by atoms with Gasteiger partial charge in [0.1, 0.15) is 0 Å². The lowest BCUT2D eigenvalue weighted by Crippen LogP contribution is -2.37. The number of anilines is 1. The summed E-state index contributed by atoms with van der Waals surface area (Å²) in [5.74, 6) is -0.144. The molecule has 2 atom stereocenters. The fourth-order valence-corrected chi connectivity index (χ4v) is 5.99. The topological polar surface area (TPSA) is 106 Å². The predicted octanol–water partition coefficient (Wildman–Crippen LogP) is 6.38. The summed E-state index contributed by atoms with van der Waals surface area (Å²) >= 11 is 6.41. The van der Waals surface area contributed by atoms with Gasteiger partial charge in [0, 0.05) is 40.6 Å². The molecule has 0 fully saturated rings. The monoisotopic (exact) mass is 588 g/mol. The highest BCUT2D eigenvalue weighted by molar-refractivity contribution is 6.32. The summed E-state index contributed by atoms with van der Waals surface area (Å²) in [5, 5.41) is 16.9. The molecule has 0 saturated heterocycles. The number of rotatable bonds is 7. The van der Waals surface area contributed by atoms with Crippen molar-refractivity contribution in [2.24, 2.45) is 0 Å². The zero-order chi connectivity index (χ0) is 30.1. The fraction of sp³-hybridized carbons (Fsp3) is 0.273. The molecule has 0 bridgehead atoms. The first kappa shape index (κ1) is 29.1. The van der Waals surface area contributed by atoms with Crippen LogP contribution in [0.1, 0.15) is 48.3 Å². The zero-order valence-electron chi connectivity index (χ0n) is 24.1. The van der Waals surface area contributed by atoms with Crippen LogP contribution in [0.2, 0.25) is 5.02 Å². The number of dihydropyridines is 1. The molecule has 3 aromatic rings. The Bertz CT molecular complexity index is 1630. The van der Waals surface area contributed by atoms with Gasteiger partial charge >= 0.3 is 0 Å². The Labute approximate surface area is 249 Å². The number of nitrogens with one attached hydrogen (secondary N) is 2. The SMILES string of the molecule is COc1ccc([C@H]2CC(=O)C3=C(C2)NC(C)=C(C(=O)Nc2ccc(C)cc2)[C@H]3c2cc(Cl)c(O)c(OC)c2)cc1OC. The summed E-state index contributed by atoms with van der Waals surface area (Å²) in [6.45, 7) is 3.80. The van der Waals surface area contributed by atoms with Crippen LogP contribution >= 0.6 is 11.6 Å². The number of carbonyl (C=O) groups is 2. The van der Waals surface area contributed by atoms with Crippen LogP contribution in [0.15, 0.2) is 77.1 Å². The molecule has 5 rings (SSSR count). The Kier molecular flexibility index (Phi) is 8.18.